The number of likely N-dealkylation sites (N-methyl/N-ethyl adjacent to an activating group) is 1. The highest BCUT2D eigenvalue weighted by Gasteiger charge is 2.38. The molecule has 2 N–H and O–H groups in total. The van der Waals surface area contributed by atoms with Crippen LogP contribution in [0.3, 0.4) is 0 Å². The van der Waals surface area contributed by atoms with Crippen LogP contribution >= 0.6 is 0 Å². The van der Waals surface area contributed by atoms with Crippen molar-refractivity contribution >= 4 is 0 Å². The topological polar surface area (TPSA) is 29.3 Å². The van der Waals surface area contributed by atoms with Gasteiger partial charge in [0.15, 0.2) is 0 Å². The molecule has 0 aromatic heterocycles. The maximum absolute atomic E-state index is 5.92. The molecule has 0 saturated heterocycles. The van der Waals surface area contributed by atoms with Gasteiger partial charge in [-0.3, -0.25) is 4.90 Å². The van der Waals surface area contributed by atoms with Gasteiger partial charge in [0, 0.05) is 12.1 Å². The summed E-state index contributed by atoms with van der Waals surface area (Å²) >= 11 is 0. The Morgan fingerprint density at radius 1 is 1.54 bits per heavy atom. The Hall–Kier alpha value is -0.0800. The molecule has 1 rings (SSSR count). The molecule has 1 saturated carbocycles. The Labute approximate surface area is 82.5 Å². The molecule has 2 heteroatoms. The highest BCUT2D eigenvalue weighted by Crippen LogP contribution is 2.37. The maximum Gasteiger partial charge on any atom is 0.0331 e. The summed E-state index contributed by atoms with van der Waals surface area (Å²) in [6.07, 6.45) is 5.17. The molecule has 78 valence electrons. The van der Waals surface area contributed by atoms with E-state index >= 15 is 0 Å². The molecule has 1 aliphatic rings. The third-order valence-electron chi connectivity index (χ3n) is 3.58. The second-order valence-corrected chi connectivity index (χ2v) is 4.70. The molecular formula is C11H24N2. The van der Waals surface area contributed by atoms with Gasteiger partial charge in [0.1, 0.15) is 0 Å². The summed E-state index contributed by atoms with van der Waals surface area (Å²) in [6.45, 7) is 6.59. The zero-order chi connectivity index (χ0) is 9.90. The van der Waals surface area contributed by atoms with Gasteiger partial charge >= 0.3 is 0 Å². The standard InChI is InChI=1S/C11H24N2/c1-4-7-13(3)11(9-12)6-5-10(2)8-11/h10H,4-9,12H2,1-3H3. The van der Waals surface area contributed by atoms with Crippen LogP contribution in [0.15, 0.2) is 0 Å². The van der Waals surface area contributed by atoms with E-state index < -0.39 is 0 Å². The fourth-order valence-electron chi connectivity index (χ4n) is 2.63. The zero-order valence-electron chi connectivity index (χ0n) is 9.34. The molecule has 0 amide bonds. The molecule has 13 heavy (non-hydrogen) atoms. The van der Waals surface area contributed by atoms with E-state index in [1.807, 2.05) is 0 Å². The highest BCUT2D eigenvalue weighted by molar-refractivity contribution is 4.96. The average Bonchev–Trinajstić information content (AvgIpc) is 2.49. The van der Waals surface area contributed by atoms with Crippen LogP contribution in [-0.4, -0.2) is 30.6 Å². The molecule has 1 fully saturated rings. The first kappa shape index (κ1) is 11.0. The lowest BCUT2D eigenvalue weighted by Gasteiger charge is -2.38. The first-order chi connectivity index (χ1) is 6.14. The molecular weight excluding hydrogens is 160 g/mol. The first-order valence-electron chi connectivity index (χ1n) is 5.56. The summed E-state index contributed by atoms with van der Waals surface area (Å²) in [6, 6.07) is 0. The number of nitrogens with zero attached hydrogens (tertiary/aromatic N) is 1. The lowest BCUT2D eigenvalue weighted by atomic mass is 9.94. The van der Waals surface area contributed by atoms with Crippen LogP contribution < -0.4 is 5.73 Å². The minimum Gasteiger partial charge on any atom is -0.329 e. The third kappa shape index (κ3) is 2.23. The fourth-order valence-corrected chi connectivity index (χ4v) is 2.63. The van der Waals surface area contributed by atoms with Gasteiger partial charge in [0.05, 0.1) is 0 Å². The van der Waals surface area contributed by atoms with Gasteiger partial charge in [0.25, 0.3) is 0 Å². The molecule has 0 radical (unpaired) electrons. The van der Waals surface area contributed by atoms with Crippen LogP contribution in [-0.2, 0) is 0 Å². The van der Waals surface area contributed by atoms with Gasteiger partial charge in [-0.1, -0.05) is 13.8 Å². The summed E-state index contributed by atoms with van der Waals surface area (Å²) in [4.78, 5) is 2.48. The Balaban J connectivity index is 2.59. The molecule has 0 aromatic carbocycles. The Kier molecular flexibility index (Phi) is 3.74. The van der Waals surface area contributed by atoms with Crippen LogP contribution in [0.25, 0.3) is 0 Å². The van der Waals surface area contributed by atoms with Crippen LogP contribution in [0.1, 0.15) is 39.5 Å². The summed E-state index contributed by atoms with van der Waals surface area (Å²) in [5.41, 5.74) is 6.25. The Bertz CT molecular complexity index is 158. The molecule has 0 aliphatic heterocycles. The molecule has 0 heterocycles. The van der Waals surface area contributed by atoms with E-state index in [0.717, 1.165) is 12.5 Å². The van der Waals surface area contributed by atoms with Crippen molar-refractivity contribution in [2.24, 2.45) is 11.7 Å². The molecule has 0 spiro atoms. The van der Waals surface area contributed by atoms with Crippen LogP contribution in [0, 0.1) is 5.92 Å². The maximum atomic E-state index is 5.92. The van der Waals surface area contributed by atoms with E-state index in [4.69, 9.17) is 5.73 Å². The Morgan fingerprint density at radius 2 is 2.23 bits per heavy atom. The van der Waals surface area contributed by atoms with E-state index in [1.165, 1.54) is 32.2 Å². The van der Waals surface area contributed by atoms with Crippen molar-refractivity contribution in [1.29, 1.82) is 0 Å². The average molecular weight is 184 g/mol. The van der Waals surface area contributed by atoms with Crippen molar-refractivity contribution in [3.8, 4) is 0 Å². The largest absolute Gasteiger partial charge is 0.329 e. The van der Waals surface area contributed by atoms with Crippen molar-refractivity contribution in [2.75, 3.05) is 20.1 Å². The van der Waals surface area contributed by atoms with Crippen molar-refractivity contribution < 1.29 is 0 Å². The summed E-state index contributed by atoms with van der Waals surface area (Å²) in [7, 11) is 2.23. The van der Waals surface area contributed by atoms with E-state index in [9.17, 15) is 0 Å². The molecule has 1 aliphatic carbocycles. The predicted molar refractivity (Wildman–Crippen MR) is 57.7 cm³/mol. The fraction of sp³-hybridized carbons (Fsp3) is 1.00. The van der Waals surface area contributed by atoms with E-state index in [1.54, 1.807) is 0 Å². The molecule has 0 bridgehead atoms. The number of rotatable bonds is 4. The van der Waals surface area contributed by atoms with Crippen LogP contribution in [0.2, 0.25) is 0 Å². The SMILES string of the molecule is CCCN(C)C1(CN)CCC(C)C1. The van der Waals surface area contributed by atoms with Crippen molar-refractivity contribution in [2.45, 2.75) is 45.1 Å². The summed E-state index contributed by atoms with van der Waals surface area (Å²) in [5.74, 6) is 0.864. The van der Waals surface area contributed by atoms with Gasteiger partial charge in [-0.05, 0) is 45.2 Å². The van der Waals surface area contributed by atoms with E-state index in [2.05, 4.69) is 25.8 Å². The minimum atomic E-state index is 0.329. The van der Waals surface area contributed by atoms with Crippen molar-refractivity contribution in [3.05, 3.63) is 0 Å². The molecule has 2 unspecified atom stereocenters. The second-order valence-electron chi connectivity index (χ2n) is 4.70. The lowest BCUT2D eigenvalue weighted by molar-refractivity contribution is 0.128. The summed E-state index contributed by atoms with van der Waals surface area (Å²) in [5, 5.41) is 0. The highest BCUT2D eigenvalue weighted by atomic mass is 15.2. The quantitative estimate of drug-likeness (QED) is 0.722. The number of hydrogen-bond donors (Lipinski definition) is 1. The van der Waals surface area contributed by atoms with Crippen molar-refractivity contribution in [3.63, 3.8) is 0 Å². The lowest BCUT2D eigenvalue weighted by Crippen LogP contribution is -2.50. The minimum absolute atomic E-state index is 0.329. The van der Waals surface area contributed by atoms with Gasteiger partial charge in [-0.2, -0.15) is 0 Å². The van der Waals surface area contributed by atoms with Crippen LogP contribution in [0.5, 0.6) is 0 Å². The van der Waals surface area contributed by atoms with E-state index in [-0.39, 0.29) is 0 Å². The smallest absolute Gasteiger partial charge is 0.0331 e. The van der Waals surface area contributed by atoms with E-state index in [0.29, 0.717) is 5.54 Å². The van der Waals surface area contributed by atoms with Gasteiger partial charge in [0.2, 0.25) is 0 Å². The van der Waals surface area contributed by atoms with Gasteiger partial charge < -0.3 is 5.73 Å². The molecule has 2 atom stereocenters. The molecule has 2 nitrogen and oxygen atoms in total. The number of hydrogen-bond acceptors (Lipinski definition) is 2. The number of nitrogens with two attached hydrogens (primary N) is 1. The monoisotopic (exact) mass is 184 g/mol. The second kappa shape index (κ2) is 4.43. The zero-order valence-corrected chi connectivity index (χ0v) is 9.34. The Morgan fingerprint density at radius 3 is 2.62 bits per heavy atom. The normalized spacial score (nSPS) is 34.4. The first-order valence-corrected chi connectivity index (χ1v) is 5.56. The van der Waals surface area contributed by atoms with Crippen LogP contribution in [0.4, 0.5) is 0 Å². The van der Waals surface area contributed by atoms with Crippen molar-refractivity contribution in [1.82, 2.24) is 4.90 Å². The van der Waals surface area contributed by atoms with Gasteiger partial charge in [-0.25, -0.2) is 0 Å². The molecule has 0 aromatic rings. The third-order valence-corrected chi connectivity index (χ3v) is 3.58. The predicted octanol–water partition coefficient (Wildman–Crippen LogP) is 1.85. The van der Waals surface area contributed by atoms with Gasteiger partial charge in [-0.15, -0.1) is 0 Å². The summed E-state index contributed by atoms with van der Waals surface area (Å²) < 4.78 is 0.